The normalized spacial score (nSPS) is 41.8. The first-order valence-corrected chi connectivity index (χ1v) is 3.07. The smallest absolute Gasteiger partial charge is 0.105 e. The maximum absolute atomic E-state index is 10.1. The SMILES string of the molecule is COC1CC(C)(N=O)C1. The number of nitrogens with zero attached hydrogens (tertiary/aromatic N) is 1. The Morgan fingerprint density at radius 3 is 2.56 bits per heavy atom. The molecule has 1 saturated carbocycles. The van der Waals surface area contributed by atoms with Gasteiger partial charge in [-0.25, -0.2) is 0 Å². The largest absolute Gasteiger partial charge is 0.381 e. The lowest BCUT2D eigenvalue weighted by Crippen LogP contribution is -2.43. The molecule has 3 heteroatoms. The first-order chi connectivity index (χ1) is 4.20. The first kappa shape index (κ1) is 6.68. The van der Waals surface area contributed by atoms with E-state index in [-0.39, 0.29) is 11.6 Å². The lowest BCUT2D eigenvalue weighted by molar-refractivity contribution is -0.00648. The van der Waals surface area contributed by atoms with Gasteiger partial charge < -0.3 is 4.74 Å². The molecule has 1 fully saturated rings. The van der Waals surface area contributed by atoms with Crippen molar-refractivity contribution in [2.45, 2.75) is 31.4 Å². The van der Waals surface area contributed by atoms with Crippen LogP contribution in [0.2, 0.25) is 0 Å². The molecule has 52 valence electrons. The minimum Gasteiger partial charge on any atom is -0.381 e. The quantitative estimate of drug-likeness (QED) is 0.527. The second kappa shape index (κ2) is 2.06. The van der Waals surface area contributed by atoms with E-state index in [0.29, 0.717) is 0 Å². The summed E-state index contributed by atoms with van der Waals surface area (Å²) < 4.78 is 4.98. The molecule has 0 aromatic rings. The van der Waals surface area contributed by atoms with Crippen molar-refractivity contribution in [2.75, 3.05) is 7.11 Å². The molecule has 0 aliphatic heterocycles. The highest BCUT2D eigenvalue weighted by molar-refractivity contribution is 4.97. The first-order valence-electron chi connectivity index (χ1n) is 3.07. The molecule has 3 nitrogen and oxygen atoms in total. The maximum atomic E-state index is 10.1. The Morgan fingerprint density at radius 1 is 1.67 bits per heavy atom. The molecule has 0 amide bonds. The molecule has 0 aromatic heterocycles. The standard InChI is InChI=1S/C6H11NO2/c1-6(7-8)3-5(4-6)9-2/h5H,3-4H2,1-2H3. The summed E-state index contributed by atoms with van der Waals surface area (Å²) in [7, 11) is 1.66. The van der Waals surface area contributed by atoms with E-state index in [0.717, 1.165) is 12.8 Å². The Kier molecular flexibility index (Phi) is 1.53. The highest BCUT2D eigenvalue weighted by atomic mass is 16.5. The molecule has 9 heavy (non-hydrogen) atoms. The fraction of sp³-hybridized carbons (Fsp3) is 1.00. The molecule has 0 aromatic carbocycles. The van der Waals surface area contributed by atoms with Crippen LogP contribution in [0.4, 0.5) is 0 Å². The second-order valence-electron chi connectivity index (χ2n) is 2.85. The minimum absolute atomic E-state index is 0.271. The Labute approximate surface area is 54.4 Å². The topological polar surface area (TPSA) is 38.7 Å². The van der Waals surface area contributed by atoms with Crippen LogP contribution in [0, 0.1) is 4.91 Å². The van der Waals surface area contributed by atoms with Crippen LogP contribution >= 0.6 is 0 Å². The average Bonchev–Trinajstić information content (AvgIpc) is 1.81. The van der Waals surface area contributed by atoms with Gasteiger partial charge >= 0.3 is 0 Å². The van der Waals surface area contributed by atoms with Gasteiger partial charge in [0.2, 0.25) is 0 Å². The van der Waals surface area contributed by atoms with E-state index < -0.39 is 0 Å². The molecule has 0 heterocycles. The van der Waals surface area contributed by atoms with Crippen LogP contribution in [0.3, 0.4) is 0 Å². The number of methoxy groups -OCH3 is 1. The number of rotatable bonds is 2. The molecular formula is C6H11NO2. The van der Waals surface area contributed by atoms with Crippen LogP contribution in [0.1, 0.15) is 19.8 Å². The van der Waals surface area contributed by atoms with Gasteiger partial charge in [-0.1, -0.05) is 5.18 Å². The number of nitroso groups, excluding NO2 is 1. The maximum Gasteiger partial charge on any atom is 0.105 e. The van der Waals surface area contributed by atoms with Crippen LogP contribution in [0.5, 0.6) is 0 Å². The van der Waals surface area contributed by atoms with Gasteiger partial charge in [0.1, 0.15) is 5.54 Å². The summed E-state index contributed by atoms with van der Waals surface area (Å²) in [6.45, 7) is 1.86. The van der Waals surface area contributed by atoms with Gasteiger partial charge in [-0.2, -0.15) is 4.91 Å². The number of hydrogen-bond donors (Lipinski definition) is 0. The molecule has 0 atom stereocenters. The van der Waals surface area contributed by atoms with Crippen LogP contribution in [0.15, 0.2) is 5.18 Å². The Hall–Kier alpha value is -0.440. The molecule has 0 bridgehead atoms. The zero-order valence-corrected chi connectivity index (χ0v) is 5.76. The van der Waals surface area contributed by atoms with Gasteiger partial charge in [-0.05, 0) is 6.92 Å². The molecule has 0 spiro atoms. The van der Waals surface area contributed by atoms with E-state index in [1.54, 1.807) is 7.11 Å². The molecule has 0 saturated heterocycles. The lowest BCUT2D eigenvalue weighted by atomic mass is 9.77. The third-order valence-electron chi connectivity index (χ3n) is 1.89. The van der Waals surface area contributed by atoms with Gasteiger partial charge in [-0.3, -0.25) is 0 Å². The van der Waals surface area contributed by atoms with Gasteiger partial charge in [-0.15, -0.1) is 0 Å². The van der Waals surface area contributed by atoms with Crippen molar-refractivity contribution in [3.63, 3.8) is 0 Å². The molecule has 0 unspecified atom stereocenters. The van der Waals surface area contributed by atoms with E-state index in [4.69, 9.17) is 4.74 Å². The zero-order chi connectivity index (χ0) is 6.91. The van der Waals surface area contributed by atoms with Crippen LogP contribution in [-0.4, -0.2) is 18.8 Å². The van der Waals surface area contributed by atoms with Crippen molar-refractivity contribution >= 4 is 0 Å². The predicted octanol–water partition coefficient (Wildman–Crippen LogP) is 1.32. The van der Waals surface area contributed by atoms with Crippen molar-refractivity contribution in [3.05, 3.63) is 4.91 Å². The average molecular weight is 129 g/mol. The Morgan fingerprint density at radius 2 is 2.22 bits per heavy atom. The fourth-order valence-corrected chi connectivity index (χ4v) is 1.16. The molecular weight excluding hydrogens is 118 g/mol. The number of ether oxygens (including phenoxy) is 1. The third-order valence-corrected chi connectivity index (χ3v) is 1.89. The van der Waals surface area contributed by atoms with Crippen LogP contribution < -0.4 is 0 Å². The van der Waals surface area contributed by atoms with Crippen molar-refractivity contribution < 1.29 is 4.74 Å². The molecule has 1 aliphatic rings. The zero-order valence-electron chi connectivity index (χ0n) is 5.76. The molecule has 0 N–H and O–H groups in total. The highest BCUT2D eigenvalue weighted by Gasteiger charge is 2.41. The Balaban J connectivity index is 2.32. The van der Waals surface area contributed by atoms with Gasteiger partial charge in [0.15, 0.2) is 0 Å². The fourth-order valence-electron chi connectivity index (χ4n) is 1.16. The second-order valence-corrected chi connectivity index (χ2v) is 2.85. The molecule has 0 radical (unpaired) electrons. The predicted molar refractivity (Wildman–Crippen MR) is 34.2 cm³/mol. The van der Waals surface area contributed by atoms with E-state index in [1.165, 1.54) is 0 Å². The molecule has 1 aliphatic carbocycles. The summed E-state index contributed by atoms with van der Waals surface area (Å²) in [5, 5.41) is 2.99. The van der Waals surface area contributed by atoms with E-state index >= 15 is 0 Å². The number of hydrogen-bond acceptors (Lipinski definition) is 3. The summed E-state index contributed by atoms with van der Waals surface area (Å²) in [6.07, 6.45) is 1.84. The summed E-state index contributed by atoms with van der Waals surface area (Å²) in [5.41, 5.74) is -0.319. The summed E-state index contributed by atoms with van der Waals surface area (Å²) in [6, 6.07) is 0. The third kappa shape index (κ3) is 1.10. The van der Waals surface area contributed by atoms with Crippen molar-refractivity contribution in [2.24, 2.45) is 5.18 Å². The van der Waals surface area contributed by atoms with Gasteiger partial charge in [0.25, 0.3) is 0 Å². The minimum atomic E-state index is -0.319. The van der Waals surface area contributed by atoms with E-state index in [1.807, 2.05) is 6.92 Å². The van der Waals surface area contributed by atoms with Crippen molar-refractivity contribution in [1.82, 2.24) is 0 Å². The van der Waals surface area contributed by atoms with Crippen molar-refractivity contribution in [1.29, 1.82) is 0 Å². The Bertz CT molecular complexity index is 118. The highest BCUT2D eigenvalue weighted by Crippen LogP contribution is 2.36. The monoisotopic (exact) mass is 129 g/mol. The van der Waals surface area contributed by atoms with E-state index in [2.05, 4.69) is 5.18 Å². The van der Waals surface area contributed by atoms with Gasteiger partial charge in [0.05, 0.1) is 6.10 Å². The summed E-state index contributed by atoms with van der Waals surface area (Å²) >= 11 is 0. The molecule has 1 rings (SSSR count). The lowest BCUT2D eigenvalue weighted by Gasteiger charge is -2.37. The summed E-state index contributed by atoms with van der Waals surface area (Å²) in [5.74, 6) is 0. The van der Waals surface area contributed by atoms with Crippen LogP contribution in [-0.2, 0) is 4.74 Å². The van der Waals surface area contributed by atoms with Crippen LogP contribution in [0.25, 0.3) is 0 Å². The van der Waals surface area contributed by atoms with Gasteiger partial charge in [0, 0.05) is 20.0 Å². The van der Waals surface area contributed by atoms with E-state index in [9.17, 15) is 4.91 Å². The van der Waals surface area contributed by atoms with Crippen molar-refractivity contribution in [3.8, 4) is 0 Å². The summed E-state index contributed by atoms with van der Waals surface area (Å²) in [4.78, 5) is 10.1.